The number of hydrogen-bond donors (Lipinski definition) is 0. The zero-order chi connectivity index (χ0) is 10.7. The van der Waals surface area contributed by atoms with Crippen molar-refractivity contribution in [3.05, 3.63) is 48.0 Å². The monoisotopic (exact) mass is 218 g/mol. The first-order chi connectivity index (χ1) is 7.31. The molecule has 2 aromatic rings. The zero-order valence-electron chi connectivity index (χ0n) is 8.44. The van der Waals surface area contributed by atoms with Crippen molar-refractivity contribution in [3.8, 4) is 11.1 Å². The molecule has 2 heterocycles. The van der Waals surface area contributed by atoms with E-state index in [1.807, 2.05) is 25.1 Å². The third-order valence-corrected chi connectivity index (χ3v) is 2.48. The third kappa shape index (κ3) is 2.16. The molecule has 0 fully saturated rings. The van der Waals surface area contributed by atoms with Gasteiger partial charge >= 0.3 is 0 Å². The Morgan fingerprint density at radius 2 is 1.87 bits per heavy atom. The summed E-state index contributed by atoms with van der Waals surface area (Å²) in [4.78, 5) is 8.41. The molecule has 3 heteroatoms. The number of halogens is 1. The molecule has 0 aliphatic rings. The summed E-state index contributed by atoms with van der Waals surface area (Å²) < 4.78 is 0. The van der Waals surface area contributed by atoms with Crippen LogP contribution in [0.15, 0.2) is 36.7 Å². The van der Waals surface area contributed by atoms with Crippen molar-refractivity contribution < 1.29 is 0 Å². The van der Waals surface area contributed by atoms with E-state index in [2.05, 4.69) is 16.0 Å². The summed E-state index contributed by atoms with van der Waals surface area (Å²) in [6.45, 7) is 1.96. The van der Waals surface area contributed by atoms with E-state index < -0.39 is 0 Å². The van der Waals surface area contributed by atoms with Crippen molar-refractivity contribution in [3.63, 3.8) is 0 Å². The van der Waals surface area contributed by atoms with Crippen molar-refractivity contribution >= 4 is 11.6 Å². The number of rotatable bonds is 2. The molecule has 76 valence electrons. The zero-order valence-corrected chi connectivity index (χ0v) is 9.20. The lowest BCUT2D eigenvalue weighted by molar-refractivity contribution is 1.10. The van der Waals surface area contributed by atoms with Gasteiger partial charge in [-0.25, -0.2) is 0 Å². The summed E-state index contributed by atoms with van der Waals surface area (Å²) in [6.07, 6.45) is 3.54. The quantitative estimate of drug-likeness (QED) is 0.724. The molecular formula is C12H11ClN2. The van der Waals surface area contributed by atoms with Gasteiger partial charge in [0, 0.05) is 23.7 Å². The van der Waals surface area contributed by atoms with Gasteiger partial charge in [-0.2, -0.15) is 0 Å². The molecule has 0 radical (unpaired) electrons. The summed E-state index contributed by atoms with van der Waals surface area (Å²) in [5.74, 6) is 0.430. The maximum atomic E-state index is 5.88. The Morgan fingerprint density at radius 1 is 1.13 bits per heavy atom. The number of aromatic nitrogens is 2. The van der Waals surface area contributed by atoms with E-state index in [9.17, 15) is 0 Å². The van der Waals surface area contributed by atoms with Gasteiger partial charge in [-0.05, 0) is 30.7 Å². The lowest BCUT2D eigenvalue weighted by atomic mass is 10.1. The Kier molecular flexibility index (Phi) is 2.97. The van der Waals surface area contributed by atoms with Crippen LogP contribution in [0.2, 0.25) is 0 Å². The lowest BCUT2D eigenvalue weighted by Crippen LogP contribution is -1.93. The maximum Gasteiger partial charge on any atom is 0.0653 e. The number of pyridine rings is 2. The molecule has 2 rings (SSSR count). The summed E-state index contributed by atoms with van der Waals surface area (Å²) in [5.41, 5.74) is 4.09. The van der Waals surface area contributed by atoms with Gasteiger partial charge in [0.05, 0.1) is 11.6 Å². The van der Waals surface area contributed by atoms with Crippen LogP contribution < -0.4 is 0 Å². The molecule has 0 unspecified atom stereocenters. The molecule has 2 aromatic heterocycles. The Bertz CT molecular complexity index is 454. The van der Waals surface area contributed by atoms with Crippen LogP contribution in [0.4, 0.5) is 0 Å². The van der Waals surface area contributed by atoms with E-state index in [-0.39, 0.29) is 0 Å². The average Bonchev–Trinajstić information content (AvgIpc) is 2.30. The van der Waals surface area contributed by atoms with Gasteiger partial charge in [0.2, 0.25) is 0 Å². The number of hydrogen-bond acceptors (Lipinski definition) is 2. The molecule has 0 saturated carbocycles. The normalized spacial score (nSPS) is 10.3. The molecule has 0 N–H and O–H groups in total. The Labute approximate surface area is 94.0 Å². The molecule has 0 aliphatic carbocycles. The SMILES string of the molecule is Cc1ccc(-c2ccncc2)c(CCl)n1. The molecule has 0 amide bonds. The van der Waals surface area contributed by atoms with Gasteiger partial charge in [0.15, 0.2) is 0 Å². The first-order valence-electron chi connectivity index (χ1n) is 4.74. The third-order valence-electron chi connectivity index (χ3n) is 2.23. The predicted molar refractivity (Wildman–Crippen MR) is 61.8 cm³/mol. The summed E-state index contributed by atoms with van der Waals surface area (Å²) in [6, 6.07) is 7.96. The highest BCUT2D eigenvalue weighted by molar-refractivity contribution is 6.17. The van der Waals surface area contributed by atoms with Gasteiger partial charge in [-0.15, -0.1) is 11.6 Å². The van der Waals surface area contributed by atoms with Crippen LogP contribution >= 0.6 is 11.6 Å². The van der Waals surface area contributed by atoms with E-state index in [0.29, 0.717) is 5.88 Å². The smallest absolute Gasteiger partial charge is 0.0653 e. The van der Waals surface area contributed by atoms with Crippen LogP contribution in [0.5, 0.6) is 0 Å². The minimum atomic E-state index is 0.430. The van der Waals surface area contributed by atoms with E-state index in [1.54, 1.807) is 12.4 Å². The average molecular weight is 219 g/mol. The highest BCUT2D eigenvalue weighted by Crippen LogP contribution is 2.23. The Hall–Kier alpha value is -1.41. The molecule has 0 bridgehead atoms. The van der Waals surface area contributed by atoms with Gasteiger partial charge in [-0.1, -0.05) is 6.07 Å². The van der Waals surface area contributed by atoms with Crippen LogP contribution in [-0.2, 0) is 5.88 Å². The Balaban J connectivity index is 2.53. The number of nitrogens with zero attached hydrogens (tertiary/aromatic N) is 2. The van der Waals surface area contributed by atoms with Gasteiger partial charge < -0.3 is 0 Å². The van der Waals surface area contributed by atoms with Crippen LogP contribution in [-0.4, -0.2) is 9.97 Å². The largest absolute Gasteiger partial charge is 0.265 e. The molecule has 0 spiro atoms. The number of aryl methyl sites for hydroxylation is 1. The molecule has 0 atom stereocenters. The first kappa shape index (κ1) is 10.1. The predicted octanol–water partition coefficient (Wildman–Crippen LogP) is 3.19. The molecule has 0 aromatic carbocycles. The van der Waals surface area contributed by atoms with Crippen LogP contribution in [0.25, 0.3) is 11.1 Å². The molecule has 0 saturated heterocycles. The highest BCUT2D eigenvalue weighted by atomic mass is 35.5. The summed E-state index contributed by atoms with van der Waals surface area (Å²) >= 11 is 5.88. The van der Waals surface area contributed by atoms with Crippen LogP contribution in [0.1, 0.15) is 11.4 Å². The van der Waals surface area contributed by atoms with Crippen molar-refractivity contribution in [2.24, 2.45) is 0 Å². The molecular weight excluding hydrogens is 208 g/mol. The molecule has 0 aliphatic heterocycles. The van der Waals surface area contributed by atoms with Crippen molar-refractivity contribution in [1.29, 1.82) is 0 Å². The second kappa shape index (κ2) is 4.41. The van der Waals surface area contributed by atoms with Gasteiger partial charge in [0.1, 0.15) is 0 Å². The minimum Gasteiger partial charge on any atom is -0.265 e. The second-order valence-corrected chi connectivity index (χ2v) is 3.58. The van der Waals surface area contributed by atoms with Crippen molar-refractivity contribution in [2.45, 2.75) is 12.8 Å². The highest BCUT2D eigenvalue weighted by Gasteiger charge is 2.05. The van der Waals surface area contributed by atoms with E-state index in [4.69, 9.17) is 11.6 Å². The van der Waals surface area contributed by atoms with Crippen LogP contribution in [0, 0.1) is 6.92 Å². The fourth-order valence-electron chi connectivity index (χ4n) is 1.51. The van der Waals surface area contributed by atoms with Gasteiger partial charge in [0.25, 0.3) is 0 Å². The molecule has 2 nitrogen and oxygen atoms in total. The van der Waals surface area contributed by atoms with Crippen molar-refractivity contribution in [2.75, 3.05) is 0 Å². The lowest BCUT2D eigenvalue weighted by Gasteiger charge is -2.06. The fourth-order valence-corrected chi connectivity index (χ4v) is 1.71. The maximum absolute atomic E-state index is 5.88. The van der Waals surface area contributed by atoms with E-state index >= 15 is 0 Å². The summed E-state index contributed by atoms with van der Waals surface area (Å²) in [7, 11) is 0. The van der Waals surface area contributed by atoms with Crippen molar-refractivity contribution in [1.82, 2.24) is 9.97 Å². The van der Waals surface area contributed by atoms with Gasteiger partial charge in [-0.3, -0.25) is 9.97 Å². The van der Waals surface area contributed by atoms with Crippen LogP contribution in [0.3, 0.4) is 0 Å². The topological polar surface area (TPSA) is 25.8 Å². The van der Waals surface area contributed by atoms with E-state index in [1.165, 1.54) is 0 Å². The Morgan fingerprint density at radius 3 is 2.53 bits per heavy atom. The molecule has 15 heavy (non-hydrogen) atoms. The minimum absolute atomic E-state index is 0.430. The first-order valence-corrected chi connectivity index (χ1v) is 5.27. The standard InChI is InChI=1S/C12H11ClN2/c1-9-2-3-11(12(8-13)15-9)10-4-6-14-7-5-10/h2-7H,8H2,1H3. The second-order valence-electron chi connectivity index (χ2n) is 3.32. The number of alkyl halides is 1. The summed E-state index contributed by atoms with van der Waals surface area (Å²) in [5, 5.41) is 0. The van der Waals surface area contributed by atoms with E-state index in [0.717, 1.165) is 22.5 Å². The fraction of sp³-hybridized carbons (Fsp3) is 0.167.